The smallest absolute Gasteiger partial charge is 0.265 e. The molecule has 0 atom stereocenters. The third-order valence-corrected chi connectivity index (χ3v) is 3.65. The monoisotopic (exact) mass is 297 g/mol. The molecular formula is C13H12ClNO3S. The van der Waals surface area contributed by atoms with Crippen LogP contribution in [0.4, 0.5) is 5.69 Å². The Morgan fingerprint density at radius 3 is 2.53 bits per heavy atom. The van der Waals surface area contributed by atoms with E-state index >= 15 is 0 Å². The number of thiophene rings is 1. The summed E-state index contributed by atoms with van der Waals surface area (Å²) >= 11 is 7.46. The Labute approximate surface area is 119 Å². The number of halogens is 1. The molecule has 0 saturated carbocycles. The van der Waals surface area contributed by atoms with Gasteiger partial charge in [0.2, 0.25) is 0 Å². The SMILES string of the molecule is COc1cc(Cl)c(NC(=O)c2cccs2)cc1OC. The quantitative estimate of drug-likeness (QED) is 0.936. The van der Waals surface area contributed by atoms with E-state index in [1.54, 1.807) is 18.2 Å². The molecule has 2 aromatic rings. The molecule has 0 spiro atoms. The minimum atomic E-state index is -0.205. The molecule has 0 aliphatic heterocycles. The van der Waals surface area contributed by atoms with Gasteiger partial charge in [0.15, 0.2) is 11.5 Å². The summed E-state index contributed by atoms with van der Waals surface area (Å²) < 4.78 is 10.3. The Hall–Kier alpha value is -1.72. The van der Waals surface area contributed by atoms with Crippen molar-refractivity contribution in [2.24, 2.45) is 0 Å². The van der Waals surface area contributed by atoms with Gasteiger partial charge in [-0.1, -0.05) is 17.7 Å². The second-order valence-electron chi connectivity index (χ2n) is 3.62. The number of rotatable bonds is 4. The van der Waals surface area contributed by atoms with Crippen LogP contribution in [0.3, 0.4) is 0 Å². The lowest BCUT2D eigenvalue weighted by molar-refractivity contribution is 0.103. The molecule has 1 N–H and O–H groups in total. The van der Waals surface area contributed by atoms with E-state index in [-0.39, 0.29) is 5.91 Å². The minimum absolute atomic E-state index is 0.205. The molecule has 0 aliphatic carbocycles. The summed E-state index contributed by atoms with van der Waals surface area (Å²) in [5, 5.41) is 4.97. The summed E-state index contributed by atoms with van der Waals surface area (Å²) in [5.74, 6) is 0.819. The number of carbonyl (C=O) groups is 1. The van der Waals surface area contributed by atoms with Crippen molar-refractivity contribution < 1.29 is 14.3 Å². The van der Waals surface area contributed by atoms with Crippen LogP contribution in [-0.4, -0.2) is 20.1 Å². The number of nitrogens with one attached hydrogen (secondary N) is 1. The molecule has 19 heavy (non-hydrogen) atoms. The van der Waals surface area contributed by atoms with Gasteiger partial charge in [0.1, 0.15) is 0 Å². The molecule has 2 rings (SSSR count). The van der Waals surface area contributed by atoms with Crippen molar-refractivity contribution in [2.75, 3.05) is 19.5 Å². The fourth-order valence-corrected chi connectivity index (χ4v) is 2.36. The van der Waals surface area contributed by atoms with E-state index in [4.69, 9.17) is 21.1 Å². The third-order valence-electron chi connectivity index (χ3n) is 2.47. The predicted octanol–water partition coefficient (Wildman–Crippen LogP) is 3.67. The van der Waals surface area contributed by atoms with Gasteiger partial charge >= 0.3 is 0 Å². The lowest BCUT2D eigenvalue weighted by atomic mass is 10.2. The molecule has 0 aliphatic rings. The average molecular weight is 298 g/mol. The van der Waals surface area contributed by atoms with Gasteiger partial charge in [-0.05, 0) is 11.4 Å². The van der Waals surface area contributed by atoms with E-state index in [1.165, 1.54) is 25.6 Å². The molecule has 4 nitrogen and oxygen atoms in total. The molecule has 1 amide bonds. The number of amides is 1. The van der Waals surface area contributed by atoms with E-state index in [9.17, 15) is 4.79 Å². The van der Waals surface area contributed by atoms with Crippen LogP contribution in [0.15, 0.2) is 29.6 Å². The van der Waals surface area contributed by atoms with Crippen molar-refractivity contribution in [2.45, 2.75) is 0 Å². The van der Waals surface area contributed by atoms with Gasteiger partial charge in [0.25, 0.3) is 5.91 Å². The number of hydrogen-bond acceptors (Lipinski definition) is 4. The van der Waals surface area contributed by atoms with Crippen LogP contribution in [0.1, 0.15) is 9.67 Å². The third kappa shape index (κ3) is 3.00. The van der Waals surface area contributed by atoms with Crippen LogP contribution >= 0.6 is 22.9 Å². The Morgan fingerprint density at radius 1 is 1.26 bits per heavy atom. The van der Waals surface area contributed by atoms with E-state index in [0.29, 0.717) is 27.1 Å². The summed E-state index contributed by atoms with van der Waals surface area (Å²) in [5.41, 5.74) is 0.484. The highest BCUT2D eigenvalue weighted by Gasteiger charge is 2.13. The Morgan fingerprint density at radius 2 is 1.95 bits per heavy atom. The van der Waals surface area contributed by atoms with Crippen LogP contribution in [0.25, 0.3) is 0 Å². The molecule has 1 aromatic heterocycles. The molecule has 1 aromatic carbocycles. The first-order valence-electron chi connectivity index (χ1n) is 5.42. The molecule has 6 heteroatoms. The lowest BCUT2D eigenvalue weighted by Crippen LogP contribution is -2.10. The van der Waals surface area contributed by atoms with E-state index in [2.05, 4.69) is 5.32 Å². The number of ether oxygens (including phenoxy) is 2. The standard InChI is InChI=1S/C13H12ClNO3S/c1-17-10-6-8(14)9(7-11(10)18-2)15-13(16)12-4-3-5-19-12/h3-7H,1-2H3,(H,15,16). The predicted molar refractivity (Wildman–Crippen MR) is 76.8 cm³/mol. The van der Waals surface area contributed by atoms with Crippen LogP contribution in [0.5, 0.6) is 11.5 Å². The Balaban J connectivity index is 2.28. The van der Waals surface area contributed by atoms with E-state index in [1.807, 2.05) is 11.4 Å². The molecule has 100 valence electrons. The zero-order valence-electron chi connectivity index (χ0n) is 10.4. The highest BCUT2D eigenvalue weighted by Crippen LogP contribution is 2.36. The lowest BCUT2D eigenvalue weighted by Gasteiger charge is -2.12. The molecule has 0 bridgehead atoms. The van der Waals surface area contributed by atoms with Gasteiger partial charge in [-0.25, -0.2) is 0 Å². The van der Waals surface area contributed by atoms with Crippen LogP contribution in [0, 0.1) is 0 Å². The summed E-state index contributed by atoms with van der Waals surface area (Å²) in [6.45, 7) is 0. The maximum atomic E-state index is 12.0. The summed E-state index contributed by atoms with van der Waals surface area (Å²) in [6.07, 6.45) is 0. The van der Waals surface area contributed by atoms with Crippen molar-refractivity contribution >= 4 is 34.5 Å². The highest BCUT2D eigenvalue weighted by atomic mass is 35.5. The van der Waals surface area contributed by atoms with Gasteiger partial charge in [0.05, 0.1) is 29.8 Å². The molecule has 0 fully saturated rings. The first-order valence-corrected chi connectivity index (χ1v) is 6.68. The van der Waals surface area contributed by atoms with E-state index < -0.39 is 0 Å². The topological polar surface area (TPSA) is 47.6 Å². The van der Waals surface area contributed by atoms with Gasteiger partial charge in [-0.15, -0.1) is 11.3 Å². The maximum absolute atomic E-state index is 12.0. The second-order valence-corrected chi connectivity index (χ2v) is 4.97. The molecule has 0 saturated heterocycles. The van der Waals surface area contributed by atoms with Crippen molar-refractivity contribution in [3.05, 3.63) is 39.5 Å². The van der Waals surface area contributed by atoms with Crippen molar-refractivity contribution in [3.8, 4) is 11.5 Å². The van der Waals surface area contributed by atoms with Crippen LogP contribution in [-0.2, 0) is 0 Å². The number of benzene rings is 1. The summed E-state index contributed by atoms with van der Waals surface area (Å²) in [6, 6.07) is 6.79. The molecular weight excluding hydrogens is 286 g/mol. The summed E-state index contributed by atoms with van der Waals surface area (Å²) in [4.78, 5) is 12.6. The van der Waals surface area contributed by atoms with Gasteiger partial charge in [-0.2, -0.15) is 0 Å². The van der Waals surface area contributed by atoms with Gasteiger partial charge in [0, 0.05) is 12.1 Å². The highest BCUT2D eigenvalue weighted by molar-refractivity contribution is 7.12. The maximum Gasteiger partial charge on any atom is 0.265 e. The number of carbonyl (C=O) groups excluding carboxylic acids is 1. The van der Waals surface area contributed by atoms with Crippen molar-refractivity contribution in [1.29, 1.82) is 0 Å². The fraction of sp³-hybridized carbons (Fsp3) is 0.154. The molecule has 0 radical (unpaired) electrons. The molecule has 1 heterocycles. The molecule has 0 unspecified atom stereocenters. The fourth-order valence-electron chi connectivity index (χ4n) is 1.54. The van der Waals surface area contributed by atoms with Crippen LogP contribution < -0.4 is 14.8 Å². The Kier molecular flexibility index (Phi) is 4.29. The number of hydrogen-bond donors (Lipinski definition) is 1. The second kappa shape index (κ2) is 5.95. The van der Waals surface area contributed by atoms with Gasteiger partial charge < -0.3 is 14.8 Å². The summed E-state index contributed by atoms with van der Waals surface area (Å²) in [7, 11) is 3.05. The number of methoxy groups -OCH3 is 2. The normalized spacial score (nSPS) is 10.1. The van der Waals surface area contributed by atoms with Crippen molar-refractivity contribution in [3.63, 3.8) is 0 Å². The zero-order chi connectivity index (χ0) is 13.8. The van der Waals surface area contributed by atoms with Gasteiger partial charge in [-0.3, -0.25) is 4.79 Å². The minimum Gasteiger partial charge on any atom is -0.493 e. The van der Waals surface area contributed by atoms with Crippen LogP contribution in [0.2, 0.25) is 5.02 Å². The number of anilines is 1. The Bertz CT molecular complexity index is 584. The van der Waals surface area contributed by atoms with E-state index in [0.717, 1.165) is 0 Å². The zero-order valence-corrected chi connectivity index (χ0v) is 12.0. The first kappa shape index (κ1) is 13.7. The van der Waals surface area contributed by atoms with Crippen molar-refractivity contribution in [1.82, 2.24) is 0 Å². The average Bonchev–Trinajstić information content (AvgIpc) is 2.94. The first-order chi connectivity index (χ1) is 9.15. The largest absolute Gasteiger partial charge is 0.493 e.